The molecule has 25 heavy (non-hydrogen) atoms. The molecule has 0 N–H and O–H groups in total. The van der Waals surface area contributed by atoms with E-state index in [9.17, 15) is 14.0 Å². The molecule has 1 fully saturated rings. The Labute approximate surface area is 144 Å². The number of fused-ring (bicyclic) bond motifs is 1. The second-order valence-corrected chi connectivity index (χ2v) is 6.26. The van der Waals surface area contributed by atoms with Crippen molar-refractivity contribution in [3.05, 3.63) is 30.0 Å². The maximum Gasteiger partial charge on any atom is 0.387 e. The summed E-state index contributed by atoms with van der Waals surface area (Å²) in [6.45, 7) is 2.93. The SMILES string of the molecule is CCC1(C)CN(c2c(C#N)cnc3ccc(OC(F)F)cc23)CCO1. The fraction of sp³-hybridized carbons (Fsp3) is 0.444. The van der Waals surface area contributed by atoms with Crippen LogP contribution in [0.15, 0.2) is 24.4 Å². The highest BCUT2D eigenvalue weighted by Gasteiger charge is 2.32. The van der Waals surface area contributed by atoms with Crippen LogP contribution in [0.3, 0.4) is 0 Å². The van der Waals surface area contributed by atoms with Crippen molar-refractivity contribution in [2.75, 3.05) is 24.6 Å². The number of hydrogen-bond acceptors (Lipinski definition) is 5. The number of morpholine rings is 1. The Kier molecular flexibility index (Phi) is 4.73. The monoisotopic (exact) mass is 347 g/mol. The first kappa shape index (κ1) is 17.4. The molecule has 3 rings (SSSR count). The number of anilines is 1. The Morgan fingerprint density at radius 3 is 2.96 bits per heavy atom. The standard InChI is InChI=1S/C18H19F2N3O2/c1-3-18(2)11-23(6-7-24-18)16-12(9-21)10-22-15-5-4-13(8-14(15)16)25-17(19)20/h4-5,8,10,17H,3,6-7,11H2,1-2H3. The van der Waals surface area contributed by atoms with Gasteiger partial charge in [0.15, 0.2) is 0 Å². The van der Waals surface area contributed by atoms with Crippen LogP contribution in [0.4, 0.5) is 14.5 Å². The van der Waals surface area contributed by atoms with E-state index in [1.807, 2.05) is 13.8 Å². The van der Waals surface area contributed by atoms with E-state index < -0.39 is 6.61 Å². The lowest BCUT2D eigenvalue weighted by Crippen LogP contribution is -2.50. The van der Waals surface area contributed by atoms with Crippen LogP contribution in [-0.2, 0) is 4.74 Å². The smallest absolute Gasteiger partial charge is 0.387 e. The molecule has 1 aromatic carbocycles. The van der Waals surface area contributed by atoms with Gasteiger partial charge >= 0.3 is 6.61 Å². The van der Waals surface area contributed by atoms with E-state index in [0.717, 1.165) is 6.42 Å². The summed E-state index contributed by atoms with van der Waals surface area (Å²) >= 11 is 0. The maximum absolute atomic E-state index is 12.6. The molecule has 0 bridgehead atoms. The first-order valence-electron chi connectivity index (χ1n) is 8.12. The number of ether oxygens (including phenoxy) is 2. The van der Waals surface area contributed by atoms with Gasteiger partial charge in [-0.05, 0) is 31.5 Å². The first-order chi connectivity index (χ1) is 12.0. The molecule has 1 aromatic heterocycles. The summed E-state index contributed by atoms with van der Waals surface area (Å²) in [5.74, 6) is 0.0483. The predicted octanol–water partition coefficient (Wildman–Crippen LogP) is 3.71. The zero-order valence-electron chi connectivity index (χ0n) is 14.1. The average Bonchev–Trinajstić information content (AvgIpc) is 2.60. The maximum atomic E-state index is 12.6. The molecule has 1 aliphatic heterocycles. The topological polar surface area (TPSA) is 58.4 Å². The van der Waals surface area contributed by atoms with Crippen LogP contribution in [0.1, 0.15) is 25.8 Å². The van der Waals surface area contributed by atoms with E-state index in [1.54, 1.807) is 6.07 Å². The van der Waals surface area contributed by atoms with Crippen molar-refractivity contribution in [2.45, 2.75) is 32.5 Å². The van der Waals surface area contributed by atoms with Gasteiger partial charge in [-0.3, -0.25) is 4.98 Å². The highest BCUT2D eigenvalue weighted by molar-refractivity contribution is 5.95. The third-order valence-electron chi connectivity index (χ3n) is 4.56. The molecule has 0 radical (unpaired) electrons. The van der Waals surface area contributed by atoms with Crippen LogP contribution in [-0.4, -0.2) is 36.9 Å². The van der Waals surface area contributed by atoms with Gasteiger partial charge in [0.1, 0.15) is 11.8 Å². The number of pyridine rings is 1. The summed E-state index contributed by atoms with van der Waals surface area (Å²) in [5, 5.41) is 10.1. The van der Waals surface area contributed by atoms with Crippen molar-refractivity contribution in [1.82, 2.24) is 4.98 Å². The Bertz CT molecular complexity index is 822. The molecule has 1 saturated heterocycles. The van der Waals surface area contributed by atoms with Crippen molar-refractivity contribution < 1.29 is 18.3 Å². The van der Waals surface area contributed by atoms with Gasteiger partial charge in [0.2, 0.25) is 0 Å². The Morgan fingerprint density at radius 2 is 2.28 bits per heavy atom. The van der Waals surface area contributed by atoms with Gasteiger partial charge in [0, 0.05) is 24.7 Å². The van der Waals surface area contributed by atoms with Crippen molar-refractivity contribution in [3.8, 4) is 11.8 Å². The average molecular weight is 347 g/mol. The third-order valence-corrected chi connectivity index (χ3v) is 4.56. The first-order valence-corrected chi connectivity index (χ1v) is 8.12. The molecule has 0 spiro atoms. The summed E-state index contributed by atoms with van der Waals surface area (Å²) in [7, 11) is 0. The lowest BCUT2D eigenvalue weighted by molar-refractivity contribution is -0.0497. The molecule has 1 atom stereocenters. The molecule has 2 heterocycles. The molecule has 0 amide bonds. The van der Waals surface area contributed by atoms with Gasteiger partial charge in [-0.2, -0.15) is 14.0 Å². The Balaban J connectivity index is 2.12. The fourth-order valence-corrected chi connectivity index (χ4v) is 3.09. The van der Waals surface area contributed by atoms with Crippen LogP contribution >= 0.6 is 0 Å². The van der Waals surface area contributed by atoms with E-state index >= 15 is 0 Å². The van der Waals surface area contributed by atoms with Crippen LogP contribution < -0.4 is 9.64 Å². The predicted molar refractivity (Wildman–Crippen MR) is 90.0 cm³/mol. The largest absolute Gasteiger partial charge is 0.435 e. The zero-order chi connectivity index (χ0) is 18.0. The molecular weight excluding hydrogens is 328 g/mol. The molecule has 7 heteroatoms. The molecule has 5 nitrogen and oxygen atoms in total. The molecule has 1 unspecified atom stereocenters. The number of alkyl halides is 2. The quantitative estimate of drug-likeness (QED) is 0.844. The van der Waals surface area contributed by atoms with Crippen LogP contribution in [0.2, 0.25) is 0 Å². The summed E-state index contributed by atoms with van der Waals surface area (Å²) in [6, 6.07) is 6.75. The second kappa shape index (κ2) is 6.81. The Hall–Kier alpha value is -2.46. The van der Waals surface area contributed by atoms with Crippen molar-refractivity contribution in [1.29, 1.82) is 5.26 Å². The van der Waals surface area contributed by atoms with E-state index in [2.05, 4.69) is 20.7 Å². The van der Waals surface area contributed by atoms with Gasteiger partial charge in [0.25, 0.3) is 0 Å². The lowest BCUT2D eigenvalue weighted by atomic mass is 9.99. The number of halogens is 2. The van der Waals surface area contributed by atoms with E-state index in [4.69, 9.17) is 4.74 Å². The normalized spacial score (nSPS) is 20.7. The van der Waals surface area contributed by atoms with Gasteiger partial charge in [-0.1, -0.05) is 6.92 Å². The zero-order valence-corrected chi connectivity index (χ0v) is 14.1. The summed E-state index contributed by atoms with van der Waals surface area (Å²) in [5.41, 5.74) is 1.40. The molecule has 132 valence electrons. The summed E-state index contributed by atoms with van der Waals surface area (Å²) < 4.78 is 35.5. The number of hydrogen-bond donors (Lipinski definition) is 0. The van der Waals surface area contributed by atoms with Crippen molar-refractivity contribution >= 4 is 16.6 Å². The van der Waals surface area contributed by atoms with Gasteiger partial charge in [-0.25, -0.2) is 0 Å². The van der Waals surface area contributed by atoms with Gasteiger partial charge < -0.3 is 14.4 Å². The molecule has 2 aromatic rings. The minimum atomic E-state index is -2.90. The summed E-state index contributed by atoms with van der Waals surface area (Å²) in [4.78, 5) is 6.33. The highest BCUT2D eigenvalue weighted by Crippen LogP contribution is 2.35. The van der Waals surface area contributed by atoms with Crippen LogP contribution in [0.25, 0.3) is 10.9 Å². The summed E-state index contributed by atoms with van der Waals surface area (Å²) in [6.07, 6.45) is 2.35. The molecule has 1 aliphatic rings. The minimum absolute atomic E-state index is 0.0483. The van der Waals surface area contributed by atoms with Crippen molar-refractivity contribution in [2.24, 2.45) is 0 Å². The highest BCUT2D eigenvalue weighted by atomic mass is 19.3. The number of aromatic nitrogens is 1. The van der Waals surface area contributed by atoms with E-state index in [1.165, 1.54) is 18.3 Å². The Morgan fingerprint density at radius 1 is 1.48 bits per heavy atom. The lowest BCUT2D eigenvalue weighted by Gasteiger charge is -2.41. The van der Waals surface area contributed by atoms with E-state index in [-0.39, 0.29) is 11.4 Å². The van der Waals surface area contributed by atoms with Gasteiger partial charge in [-0.15, -0.1) is 0 Å². The second-order valence-electron chi connectivity index (χ2n) is 6.26. The van der Waals surface area contributed by atoms with Crippen molar-refractivity contribution in [3.63, 3.8) is 0 Å². The molecular formula is C18H19F2N3O2. The minimum Gasteiger partial charge on any atom is -0.435 e. The van der Waals surface area contributed by atoms with Gasteiger partial charge in [0.05, 0.1) is 29.0 Å². The van der Waals surface area contributed by atoms with E-state index in [0.29, 0.717) is 41.9 Å². The number of rotatable bonds is 4. The fourth-order valence-electron chi connectivity index (χ4n) is 3.09. The number of nitriles is 1. The third kappa shape index (κ3) is 3.49. The van der Waals surface area contributed by atoms with Crippen LogP contribution in [0.5, 0.6) is 5.75 Å². The molecule has 0 saturated carbocycles. The number of benzene rings is 1. The molecule has 0 aliphatic carbocycles. The number of nitrogens with zero attached hydrogens (tertiary/aromatic N) is 3. The van der Waals surface area contributed by atoms with Crippen LogP contribution in [0, 0.1) is 11.3 Å².